The van der Waals surface area contributed by atoms with Crippen molar-refractivity contribution in [2.24, 2.45) is 0 Å². The monoisotopic (exact) mass is 336 g/mol. The second-order valence-corrected chi connectivity index (χ2v) is 5.15. The molecule has 8 heteroatoms. The predicted molar refractivity (Wildman–Crippen MR) is 81.5 cm³/mol. The first-order valence-electron chi connectivity index (χ1n) is 6.96. The maximum atomic E-state index is 13.4. The molecule has 2 aromatic carbocycles. The van der Waals surface area contributed by atoms with Crippen molar-refractivity contribution in [1.29, 1.82) is 0 Å². The maximum absolute atomic E-state index is 13.4. The van der Waals surface area contributed by atoms with Crippen LogP contribution in [0.2, 0.25) is 0 Å². The van der Waals surface area contributed by atoms with Crippen LogP contribution >= 0.6 is 0 Å². The zero-order chi connectivity index (χ0) is 17.9. The summed E-state index contributed by atoms with van der Waals surface area (Å²) in [6.45, 7) is 1.06. The largest absolute Gasteiger partial charge is 0.387 e. The first-order valence-corrected chi connectivity index (χ1v) is 6.96. The Labute approximate surface area is 135 Å². The molecule has 1 amide bonds. The van der Waals surface area contributed by atoms with Gasteiger partial charge in [-0.15, -0.1) is 0 Å². The maximum Gasteiger partial charge on any atom is 0.285 e. The summed E-state index contributed by atoms with van der Waals surface area (Å²) >= 11 is 0. The van der Waals surface area contributed by atoms with Crippen molar-refractivity contribution in [3.05, 3.63) is 74.8 Å². The summed E-state index contributed by atoms with van der Waals surface area (Å²) in [5, 5.41) is 23.3. The summed E-state index contributed by atoms with van der Waals surface area (Å²) < 4.78 is 26.3. The number of rotatable bonds is 5. The van der Waals surface area contributed by atoms with Gasteiger partial charge in [0.15, 0.2) is 0 Å². The summed E-state index contributed by atoms with van der Waals surface area (Å²) in [5.41, 5.74) is -0.542. The molecule has 2 rings (SSSR count). The Morgan fingerprint density at radius 1 is 1.25 bits per heavy atom. The Hall–Kier alpha value is -2.87. The fourth-order valence-electron chi connectivity index (χ4n) is 2.24. The van der Waals surface area contributed by atoms with E-state index in [9.17, 15) is 28.8 Å². The minimum atomic E-state index is -1.14. The number of hydrogen-bond donors (Lipinski definition) is 2. The number of benzene rings is 2. The molecular weight excluding hydrogens is 322 g/mol. The van der Waals surface area contributed by atoms with Crippen molar-refractivity contribution < 1.29 is 23.6 Å². The van der Waals surface area contributed by atoms with Gasteiger partial charge in [-0.3, -0.25) is 14.9 Å². The number of amides is 1. The molecule has 126 valence electrons. The van der Waals surface area contributed by atoms with Gasteiger partial charge in [0.1, 0.15) is 17.2 Å². The number of aliphatic hydroxyl groups excluding tert-OH is 1. The van der Waals surface area contributed by atoms with Crippen LogP contribution in [0, 0.1) is 28.7 Å². The van der Waals surface area contributed by atoms with Gasteiger partial charge in [0, 0.05) is 12.1 Å². The number of nitrogens with zero attached hydrogens (tertiary/aromatic N) is 1. The molecule has 1 unspecified atom stereocenters. The lowest BCUT2D eigenvalue weighted by Crippen LogP contribution is -2.29. The Balaban J connectivity index is 2.15. The lowest BCUT2D eigenvalue weighted by Gasteiger charge is -2.13. The third kappa shape index (κ3) is 3.90. The molecule has 24 heavy (non-hydrogen) atoms. The minimum absolute atomic E-state index is 0.0178. The van der Waals surface area contributed by atoms with E-state index in [1.165, 1.54) is 19.1 Å². The highest BCUT2D eigenvalue weighted by molar-refractivity contribution is 5.98. The van der Waals surface area contributed by atoms with Crippen molar-refractivity contribution in [2.75, 3.05) is 6.54 Å². The molecule has 0 fully saturated rings. The number of carbonyl (C=O) groups is 1. The molecular formula is C16H14F2N2O4. The minimum Gasteiger partial charge on any atom is -0.387 e. The highest BCUT2D eigenvalue weighted by Gasteiger charge is 2.24. The number of nitro groups is 1. The van der Waals surface area contributed by atoms with Crippen LogP contribution in [-0.4, -0.2) is 22.5 Å². The van der Waals surface area contributed by atoms with E-state index in [0.29, 0.717) is 5.56 Å². The van der Waals surface area contributed by atoms with Crippen LogP contribution in [0.25, 0.3) is 0 Å². The Morgan fingerprint density at radius 2 is 1.88 bits per heavy atom. The van der Waals surface area contributed by atoms with Gasteiger partial charge in [0.2, 0.25) is 0 Å². The molecule has 0 spiro atoms. The van der Waals surface area contributed by atoms with Gasteiger partial charge in [-0.05, 0) is 36.8 Å². The van der Waals surface area contributed by atoms with Crippen LogP contribution < -0.4 is 5.32 Å². The van der Waals surface area contributed by atoms with Crippen molar-refractivity contribution in [3.63, 3.8) is 0 Å². The van der Waals surface area contributed by atoms with E-state index in [2.05, 4.69) is 5.32 Å². The van der Waals surface area contributed by atoms with E-state index >= 15 is 0 Å². The van der Waals surface area contributed by atoms with Crippen LogP contribution in [0.4, 0.5) is 14.5 Å². The summed E-state index contributed by atoms with van der Waals surface area (Å²) in [5.74, 6) is -2.13. The fraction of sp³-hybridized carbons (Fsp3) is 0.188. The average Bonchev–Trinajstić information content (AvgIpc) is 2.51. The van der Waals surface area contributed by atoms with Crippen LogP contribution in [0.1, 0.15) is 27.6 Å². The Kier molecular flexibility index (Phi) is 5.20. The lowest BCUT2D eigenvalue weighted by molar-refractivity contribution is -0.385. The van der Waals surface area contributed by atoms with Gasteiger partial charge in [-0.25, -0.2) is 8.78 Å². The molecule has 0 bridgehead atoms. The van der Waals surface area contributed by atoms with Gasteiger partial charge >= 0.3 is 0 Å². The Morgan fingerprint density at radius 3 is 2.46 bits per heavy atom. The summed E-state index contributed by atoms with van der Waals surface area (Å²) in [7, 11) is 0. The first kappa shape index (κ1) is 17.5. The molecule has 6 nitrogen and oxygen atoms in total. The quantitative estimate of drug-likeness (QED) is 0.648. The highest BCUT2D eigenvalue weighted by atomic mass is 19.1. The third-order valence-electron chi connectivity index (χ3n) is 3.40. The van der Waals surface area contributed by atoms with Crippen LogP contribution in [0.5, 0.6) is 0 Å². The highest BCUT2D eigenvalue weighted by Crippen LogP contribution is 2.25. The van der Waals surface area contributed by atoms with Gasteiger partial charge in [0.25, 0.3) is 11.6 Å². The van der Waals surface area contributed by atoms with Crippen molar-refractivity contribution in [3.8, 4) is 0 Å². The first-order chi connectivity index (χ1) is 11.3. The third-order valence-corrected chi connectivity index (χ3v) is 3.40. The van der Waals surface area contributed by atoms with Gasteiger partial charge in [0.05, 0.1) is 11.0 Å². The molecule has 0 saturated carbocycles. The molecule has 1 atom stereocenters. The fourth-order valence-corrected chi connectivity index (χ4v) is 2.24. The molecule has 2 aromatic rings. The molecule has 0 aliphatic carbocycles. The van der Waals surface area contributed by atoms with E-state index in [1.54, 1.807) is 0 Å². The average molecular weight is 336 g/mol. The number of nitrogens with one attached hydrogen (secondary N) is 1. The number of nitro benzene ring substituents is 1. The SMILES string of the molecule is Cc1cc(F)cc(C(=O)NCC(O)c2ccc(F)cc2)c1[N+](=O)[O-]. The van der Waals surface area contributed by atoms with Crippen molar-refractivity contribution in [2.45, 2.75) is 13.0 Å². The van der Waals surface area contributed by atoms with Crippen molar-refractivity contribution >= 4 is 11.6 Å². The number of aryl methyl sites for hydroxylation is 1. The number of hydrogen-bond acceptors (Lipinski definition) is 4. The van der Waals surface area contributed by atoms with Gasteiger partial charge in [-0.1, -0.05) is 12.1 Å². The van der Waals surface area contributed by atoms with E-state index < -0.39 is 39.8 Å². The van der Waals surface area contributed by atoms with Crippen LogP contribution in [-0.2, 0) is 0 Å². The number of carbonyl (C=O) groups excluding carboxylic acids is 1. The standard InChI is InChI=1S/C16H14F2N2O4/c1-9-6-12(18)7-13(15(9)20(23)24)16(22)19-8-14(21)10-2-4-11(17)5-3-10/h2-7,14,21H,8H2,1H3,(H,19,22). The molecule has 0 heterocycles. The molecule has 0 aliphatic heterocycles. The molecule has 0 saturated heterocycles. The van der Waals surface area contributed by atoms with Crippen molar-refractivity contribution in [1.82, 2.24) is 5.32 Å². The predicted octanol–water partition coefficient (Wildman–Crippen LogP) is 2.64. The molecule has 2 N–H and O–H groups in total. The Bertz CT molecular complexity index is 778. The molecule has 0 aromatic heterocycles. The molecule has 0 aliphatic rings. The van der Waals surface area contributed by atoms with E-state index in [-0.39, 0.29) is 12.1 Å². The second-order valence-electron chi connectivity index (χ2n) is 5.15. The van der Waals surface area contributed by atoms with Gasteiger partial charge in [-0.2, -0.15) is 0 Å². The van der Waals surface area contributed by atoms with Gasteiger partial charge < -0.3 is 10.4 Å². The normalized spacial score (nSPS) is 11.8. The van der Waals surface area contributed by atoms with E-state index in [0.717, 1.165) is 24.3 Å². The number of halogens is 2. The summed E-state index contributed by atoms with van der Waals surface area (Å²) in [6, 6.07) is 6.73. The smallest absolute Gasteiger partial charge is 0.285 e. The van der Waals surface area contributed by atoms with Crippen LogP contribution in [0.15, 0.2) is 36.4 Å². The lowest BCUT2D eigenvalue weighted by atomic mass is 10.1. The molecule has 0 radical (unpaired) electrons. The second kappa shape index (κ2) is 7.14. The summed E-state index contributed by atoms with van der Waals surface area (Å²) in [6.07, 6.45) is -1.14. The van der Waals surface area contributed by atoms with E-state index in [4.69, 9.17) is 0 Å². The topological polar surface area (TPSA) is 92.5 Å². The zero-order valence-electron chi connectivity index (χ0n) is 12.6. The van der Waals surface area contributed by atoms with Crippen LogP contribution in [0.3, 0.4) is 0 Å². The number of aliphatic hydroxyl groups is 1. The zero-order valence-corrected chi connectivity index (χ0v) is 12.6. The summed E-state index contributed by atoms with van der Waals surface area (Å²) in [4.78, 5) is 22.4. The van der Waals surface area contributed by atoms with E-state index in [1.807, 2.05) is 0 Å².